The fourth-order valence-electron chi connectivity index (χ4n) is 1.54. The third kappa shape index (κ3) is 3.32. The highest BCUT2D eigenvalue weighted by atomic mass is 32.1. The number of aliphatic hydroxyl groups is 1. The molecule has 3 nitrogen and oxygen atoms in total. The first kappa shape index (κ1) is 12.6. The highest BCUT2D eigenvalue weighted by Crippen LogP contribution is 2.37. The summed E-state index contributed by atoms with van der Waals surface area (Å²) in [6.07, 6.45) is -1.91. The van der Waals surface area contributed by atoms with E-state index >= 15 is 0 Å². The normalized spacial score (nSPS) is 18.2. The van der Waals surface area contributed by atoms with E-state index in [4.69, 9.17) is 0 Å². The zero-order chi connectivity index (χ0) is 12.6. The standard InChI is InChI=1S/C10H13F3N2OS/c1-6(16)8-4-14-9(17-8)15(7-2-3-7)5-10(11,12)13/h4,6-7,16H,2-3,5H2,1H3. The Morgan fingerprint density at radius 1 is 1.59 bits per heavy atom. The SMILES string of the molecule is CC(O)c1cnc(N(CC(F)(F)F)C2CC2)s1. The maximum absolute atomic E-state index is 12.4. The van der Waals surface area contributed by atoms with Crippen molar-refractivity contribution < 1.29 is 18.3 Å². The number of hydrogen-bond donors (Lipinski definition) is 1. The van der Waals surface area contributed by atoms with Gasteiger partial charge in [0.1, 0.15) is 6.54 Å². The Morgan fingerprint density at radius 2 is 2.24 bits per heavy atom. The van der Waals surface area contributed by atoms with Crippen molar-refractivity contribution in [1.82, 2.24) is 4.98 Å². The van der Waals surface area contributed by atoms with Crippen LogP contribution in [0.3, 0.4) is 0 Å². The fourth-order valence-corrected chi connectivity index (χ4v) is 2.46. The molecule has 1 atom stereocenters. The Morgan fingerprint density at radius 3 is 2.65 bits per heavy atom. The van der Waals surface area contributed by atoms with E-state index in [0.717, 1.165) is 24.2 Å². The van der Waals surface area contributed by atoms with Gasteiger partial charge in [-0.15, -0.1) is 0 Å². The molecule has 1 fully saturated rings. The van der Waals surface area contributed by atoms with Crippen LogP contribution in [0.5, 0.6) is 0 Å². The molecule has 2 rings (SSSR count). The van der Waals surface area contributed by atoms with Crippen LogP contribution in [0.15, 0.2) is 6.20 Å². The molecular weight excluding hydrogens is 253 g/mol. The zero-order valence-electron chi connectivity index (χ0n) is 9.24. The van der Waals surface area contributed by atoms with Crippen LogP contribution >= 0.6 is 11.3 Å². The quantitative estimate of drug-likeness (QED) is 0.910. The molecule has 0 radical (unpaired) electrons. The molecule has 1 aliphatic carbocycles. The number of rotatable bonds is 4. The number of aromatic nitrogens is 1. The van der Waals surface area contributed by atoms with Crippen LogP contribution in [0.25, 0.3) is 0 Å². The predicted molar refractivity (Wildman–Crippen MR) is 59.2 cm³/mol. The Kier molecular flexibility index (Phi) is 3.31. The maximum atomic E-state index is 12.4. The third-order valence-electron chi connectivity index (χ3n) is 2.51. The number of anilines is 1. The minimum absolute atomic E-state index is 0.0513. The summed E-state index contributed by atoms with van der Waals surface area (Å²) in [6.45, 7) is 0.604. The van der Waals surface area contributed by atoms with Crippen LogP contribution in [0.2, 0.25) is 0 Å². The number of hydrogen-bond acceptors (Lipinski definition) is 4. The smallest absolute Gasteiger partial charge is 0.388 e. The van der Waals surface area contributed by atoms with Crippen molar-refractivity contribution in [2.24, 2.45) is 0 Å². The molecule has 1 N–H and O–H groups in total. The van der Waals surface area contributed by atoms with Crippen molar-refractivity contribution in [3.63, 3.8) is 0 Å². The molecule has 0 bridgehead atoms. The second-order valence-electron chi connectivity index (χ2n) is 4.20. The van der Waals surface area contributed by atoms with Crippen LogP contribution in [0.1, 0.15) is 30.7 Å². The van der Waals surface area contributed by atoms with Crippen molar-refractivity contribution in [1.29, 1.82) is 0 Å². The lowest BCUT2D eigenvalue weighted by Crippen LogP contribution is -2.35. The number of halogens is 3. The van der Waals surface area contributed by atoms with Crippen molar-refractivity contribution in [3.05, 3.63) is 11.1 Å². The van der Waals surface area contributed by atoms with Crippen molar-refractivity contribution in [2.75, 3.05) is 11.4 Å². The third-order valence-corrected chi connectivity index (χ3v) is 3.71. The van der Waals surface area contributed by atoms with E-state index in [1.807, 2.05) is 0 Å². The minimum atomic E-state index is -4.22. The lowest BCUT2D eigenvalue weighted by Gasteiger charge is -2.22. The van der Waals surface area contributed by atoms with Gasteiger partial charge < -0.3 is 10.0 Å². The lowest BCUT2D eigenvalue weighted by molar-refractivity contribution is -0.120. The van der Waals surface area contributed by atoms with E-state index in [1.165, 1.54) is 11.1 Å². The van der Waals surface area contributed by atoms with Gasteiger partial charge >= 0.3 is 6.18 Å². The molecule has 1 heterocycles. The molecule has 0 aromatic carbocycles. The first-order valence-electron chi connectivity index (χ1n) is 5.34. The van der Waals surface area contributed by atoms with Gasteiger partial charge in [0, 0.05) is 12.2 Å². The predicted octanol–water partition coefficient (Wildman–Crippen LogP) is 2.73. The summed E-state index contributed by atoms with van der Waals surface area (Å²) in [6, 6.07) is -0.0513. The fraction of sp³-hybridized carbons (Fsp3) is 0.700. The molecule has 0 amide bonds. The molecule has 1 saturated carbocycles. The van der Waals surface area contributed by atoms with Gasteiger partial charge in [0.05, 0.1) is 11.0 Å². The van der Waals surface area contributed by atoms with E-state index < -0.39 is 18.8 Å². The van der Waals surface area contributed by atoms with E-state index in [9.17, 15) is 18.3 Å². The summed E-state index contributed by atoms with van der Waals surface area (Å²) < 4.78 is 37.3. The summed E-state index contributed by atoms with van der Waals surface area (Å²) in [4.78, 5) is 5.85. The first-order chi connectivity index (χ1) is 7.87. The van der Waals surface area contributed by atoms with Gasteiger partial charge in [-0.3, -0.25) is 0 Å². The van der Waals surface area contributed by atoms with E-state index in [-0.39, 0.29) is 6.04 Å². The molecular formula is C10H13F3N2OS. The maximum Gasteiger partial charge on any atom is 0.406 e. The molecule has 17 heavy (non-hydrogen) atoms. The number of aliphatic hydroxyl groups excluding tert-OH is 1. The second-order valence-corrected chi connectivity index (χ2v) is 5.24. The lowest BCUT2D eigenvalue weighted by atomic mass is 10.4. The van der Waals surface area contributed by atoms with Crippen LogP contribution in [0, 0.1) is 0 Å². The average Bonchev–Trinajstić information content (AvgIpc) is 2.90. The summed E-state index contributed by atoms with van der Waals surface area (Å²) in [7, 11) is 0. The van der Waals surface area contributed by atoms with Gasteiger partial charge in [-0.1, -0.05) is 11.3 Å². The van der Waals surface area contributed by atoms with Gasteiger partial charge in [0.2, 0.25) is 0 Å². The molecule has 96 valence electrons. The van der Waals surface area contributed by atoms with Crippen molar-refractivity contribution in [2.45, 2.75) is 38.1 Å². The van der Waals surface area contributed by atoms with Gasteiger partial charge in [0.25, 0.3) is 0 Å². The van der Waals surface area contributed by atoms with Crippen LogP contribution in [0.4, 0.5) is 18.3 Å². The van der Waals surface area contributed by atoms with Crippen LogP contribution < -0.4 is 4.90 Å². The molecule has 1 aliphatic rings. The number of thiazole rings is 1. The van der Waals surface area contributed by atoms with Gasteiger partial charge in [-0.25, -0.2) is 4.98 Å². The van der Waals surface area contributed by atoms with E-state index in [1.54, 1.807) is 6.92 Å². The van der Waals surface area contributed by atoms with Crippen LogP contribution in [-0.4, -0.2) is 28.9 Å². The first-order valence-corrected chi connectivity index (χ1v) is 6.15. The molecule has 1 aromatic heterocycles. The second kappa shape index (κ2) is 4.45. The average molecular weight is 266 g/mol. The summed E-state index contributed by atoms with van der Waals surface area (Å²) in [5.41, 5.74) is 0. The Bertz CT molecular complexity index is 387. The monoisotopic (exact) mass is 266 g/mol. The van der Waals surface area contributed by atoms with Gasteiger partial charge in [-0.05, 0) is 19.8 Å². The summed E-state index contributed by atoms with van der Waals surface area (Å²) in [5.74, 6) is 0. The topological polar surface area (TPSA) is 36.4 Å². The van der Waals surface area contributed by atoms with Gasteiger partial charge in [-0.2, -0.15) is 13.2 Å². The molecule has 0 spiro atoms. The molecule has 0 aliphatic heterocycles. The molecule has 7 heteroatoms. The van der Waals surface area contributed by atoms with Crippen LogP contribution in [-0.2, 0) is 0 Å². The Labute approximate surface area is 101 Å². The summed E-state index contributed by atoms with van der Waals surface area (Å²) >= 11 is 1.12. The molecule has 1 unspecified atom stereocenters. The zero-order valence-corrected chi connectivity index (χ0v) is 10.1. The van der Waals surface area contributed by atoms with Crippen molar-refractivity contribution in [3.8, 4) is 0 Å². The van der Waals surface area contributed by atoms with Gasteiger partial charge in [0.15, 0.2) is 5.13 Å². The Balaban J connectivity index is 2.14. The van der Waals surface area contributed by atoms with E-state index in [2.05, 4.69) is 4.98 Å². The highest BCUT2D eigenvalue weighted by Gasteiger charge is 2.39. The van der Waals surface area contributed by atoms with E-state index in [0.29, 0.717) is 10.0 Å². The highest BCUT2D eigenvalue weighted by molar-refractivity contribution is 7.15. The molecule has 1 aromatic rings. The Hall–Kier alpha value is -0.820. The summed E-state index contributed by atoms with van der Waals surface area (Å²) in [5, 5.41) is 9.68. The minimum Gasteiger partial charge on any atom is -0.388 e. The number of nitrogens with zero attached hydrogens (tertiary/aromatic N) is 2. The number of alkyl halides is 3. The molecule has 0 saturated heterocycles. The largest absolute Gasteiger partial charge is 0.406 e. The van der Waals surface area contributed by atoms with Crippen molar-refractivity contribution >= 4 is 16.5 Å².